The van der Waals surface area contributed by atoms with Crippen LogP contribution in [0.2, 0.25) is 0 Å². The van der Waals surface area contributed by atoms with E-state index in [2.05, 4.69) is 15.0 Å². The Kier molecular flexibility index (Phi) is 5.23. The molecule has 9 heteroatoms. The van der Waals surface area contributed by atoms with Crippen LogP contribution in [0.1, 0.15) is 20.9 Å². The number of halogens is 3. The van der Waals surface area contributed by atoms with Gasteiger partial charge in [-0.3, -0.25) is 9.59 Å². The molecule has 0 spiro atoms. The molecule has 5 nitrogen and oxygen atoms in total. The first-order valence-corrected chi connectivity index (χ1v) is 7.54. The van der Waals surface area contributed by atoms with Crippen LogP contribution >= 0.6 is 11.3 Å². The smallest absolute Gasteiger partial charge is 0.416 e. The van der Waals surface area contributed by atoms with E-state index in [1.165, 1.54) is 19.2 Å². The van der Waals surface area contributed by atoms with Gasteiger partial charge >= 0.3 is 12.1 Å². The van der Waals surface area contributed by atoms with E-state index in [0.717, 1.165) is 23.5 Å². The monoisotopic (exact) mass is 358 g/mol. The highest BCUT2D eigenvalue weighted by molar-refractivity contribution is 7.17. The van der Waals surface area contributed by atoms with Crippen LogP contribution in [0, 0.1) is 6.92 Å². The quantitative estimate of drug-likeness (QED) is 0.853. The summed E-state index contributed by atoms with van der Waals surface area (Å²) in [5.41, 5.74) is 0.149. The molecular formula is C15H13F3N2O3S. The Morgan fingerprint density at radius 1 is 1.25 bits per heavy atom. The van der Waals surface area contributed by atoms with Crippen molar-refractivity contribution < 1.29 is 27.5 Å². The van der Waals surface area contributed by atoms with Gasteiger partial charge in [0.05, 0.1) is 18.4 Å². The van der Waals surface area contributed by atoms with Crippen LogP contribution in [0.3, 0.4) is 0 Å². The number of methoxy groups -OCH3 is 1. The van der Waals surface area contributed by atoms with Gasteiger partial charge in [-0.2, -0.15) is 13.2 Å². The molecule has 1 aromatic carbocycles. The molecule has 1 amide bonds. The summed E-state index contributed by atoms with van der Waals surface area (Å²) in [5, 5.41) is 2.81. The van der Waals surface area contributed by atoms with Crippen molar-refractivity contribution in [3.05, 3.63) is 40.4 Å². The van der Waals surface area contributed by atoms with Gasteiger partial charge in [0, 0.05) is 5.56 Å². The second kappa shape index (κ2) is 7.00. The minimum absolute atomic E-state index is 0.276. The average molecular weight is 358 g/mol. The Morgan fingerprint density at radius 2 is 1.88 bits per heavy atom. The number of ether oxygens (including phenoxy) is 1. The summed E-state index contributed by atoms with van der Waals surface area (Å²) in [7, 11) is 1.20. The summed E-state index contributed by atoms with van der Waals surface area (Å²) in [6.45, 7) is 1.33. The number of esters is 1. The van der Waals surface area contributed by atoms with E-state index in [1.54, 1.807) is 6.92 Å². The molecule has 1 heterocycles. The molecular weight excluding hydrogens is 345 g/mol. The normalized spacial score (nSPS) is 11.2. The molecule has 0 unspecified atom stereocenters. The Labute approximate surface area is 139 Å². The van der Waals surface area contributed by atoms with Gasteiger partial charge in [0.2, 0.25) is 0 Å². The van der Waals surface area contributed by atoms with Crippen molar-refractivity contribution in [1.82, 2.24) is 10.3 Å². The summed E-state index contributed by atoms with van der Waals surface area (Å²) in [5.74, 6) is -1.08. The van der Waals surface area contributed by atoms with E-state index in [9.17, 15) is 22.8 Å². The second-order valence-corrected chi connectivity index (χ2v) is 5.77. The number of hydrogen-bond donors (Lipinski definition) is 1. The predicted octanol–water partition coefficient (Wildman–Crippen LogP) is 3.04. The van der Waals surface area contributed by atoms with Gasteiger partial charge in [-0.15, -0.1) is 11.3 Å². The first-order chi connectivity index (χ1) is 11.2. The third-order valence-electron chi connectivity index (χ3n) is 3.08. The van der Waals surface area contributed by atoms with Crippen molar-refractivity contribution >= 4 is 23.2 Å². The predicted molar refractivity (Wildman–Crippen MR) is 81.6 cm³/mol. The number of hydrogen-bond acceptors (Lipinski definition) is 5. The molecule has 0 saturated heterocycles. The number of carbonyl (C=O) groups is 2. The lowest BCUT2D eigenvalue weighted by Crippen LogP contribution is -2.29. The number of carbonyl (C=O) groups excluding carboxylic acids is 2. The molecule has 2 aromatic rings. The fourth-order valence-corrected chi connectivity index (χ4v) is 2.83. The highest BCUT2D eigenvalue weighted by Crippen LogP contribution is 2.32. The third kappa shape index (κ3) is 4.10. The minimum atomic E-state index is -4.41. The zero-order chi connectivity index (χ0) is 17.9. The van der Waals surface area contributed by atoms with E-state index in [0.29, 0.717) is 16.3 Å². The van der Waals surface area contributed by atoms with Crippen LogP contribution in [0.4, 0.5) is 13.2 Å². The van der Waals surface area contributed by atoms with Crippen molar-refractivity contribution in [1.29, 1.82) is 0 Å². The molecule has 0 aliphatic rings. The van der Waals surface area contributed by atoms with Gasteiger partial charge < -0.3 is 10.1 Å². The van der Waals surface area contributed by atoms with E-state index < -0.39 is 23.6 Å². The zero-order valence-corrected chi connectivity index (χ0v) is 13.5. The molecule has 1 N–H and O–H groups in total. The maximum Gasteiger partial charge on any atom is 0.416 e. The van der Waals surface area contributed by atoms with Gasteiger partial charge in [0.15, 0.2) is 0 Å². The SMILES string of the molecule is COC(=O)CNC(=O)c1sc(-c2ccc(C(F)(F)F)cc2)nc1C. The van der Waals surface area contributed by atoms with Gasteiger partial charge in [-0.05, 0) is 19.1 Å². The minimum Gasteiger partial charge on any atom is -0.468 e. The summed E-state index contributed by atoms with van der Waals surface area (Å²) in [6.07, 6.45) is -4.41. The first-order valence-electron chi connectivity index (χ1n) is 6.72. The third-order valence-corrected chi connectivity index (χ3v) is 4.29. The molecule has 24 heavy (non-hydrogen) atoms. The molecule has 0 atom stereocenters. The number of amides is 1. The van der Waals surface area contributed by atoms with Gasteiger partial charge in [-0.25, -0.2) is 4.98 Å². The Hall–Kier alpha value is -2.42. The standard InChI is InChI=1S/C15H13F3N2O3S/c1-8-12(13(22)19-7-11(21)23-2)24-14(20-8)9-3-5-10(6-4-9)15(16,17)18/h3-6H,7H2,1-2H3,(H,19,22). The summed E-state index contributed by atoms with van der Waals surface area (Å²) < 4.78 is 42.1. The number of alkyl halides is 3. The molecule has 0 aliphatic heterocycles. The molecule has 0 aliphatic carbocycles. The fraction of sp³-hybridized carbons (Fsp3) is 0.267. The van der Waals surface area contributed by atoms with Crippen LogP contribution in [-0.2, 0) is 15.7 Å². The molecule has 2 rings (SSSR count). The lowest BCUT2D eigenvalue weighted by atomic mass is 10.1. The van der Waals surface area contributed by atoms with Crippen LogP contribution < -0.4 is 5.32 Å². The van der Waals surface area contributed by atoms with Gasteiger partial charge in [0.25, 0.3) is 5.91 Å². The second-order valence-electron chi connectivity index (χ2n) is 4.77. The van der Waals surface area contributed by atoms with Gasteiger partial charge in [0.1, 0.15) is 16.4 Å². The van der Waals surface area contributed by atoms with Crippen molar-refractivity contribution in [2.75, 3.05) is 13.7 Å². The van der Waals surface area contributed by atoms with E-state index in [-0.39, 0.29) is 11.4 Å². The van der Waals surface area contributed by atoms with Crippen LogP contribution in [0.15, 0.2) is 24.3 Å². The topological polar surface area (TPSA) is 68.3 Å². The number of benzene rings is 1. The van der Waals surface area contributed by atoms with Crippen molar-refractivity contribution in [3.8, 4) is 10.6 Å². The number of thiazole rings is 1. The van der Waals surface area contributed by atoms with Crippen LogP contribution in [0.5, 0.6) is 0 Å². The molecule has 0 bridgehead atoms. The van der Waals surface area contributed by atoms with E-state index >= 15 is 0 Å². The maximum absolute atomic E-state index is 12.6. The largest absolute Gasteiger partial charge is 0.468 e. The van der Waals surface area contributed by atoms with E-state index in [1.807, 2.05) is 0 Å². The molecule has 0 radical (unpaired) electrons. The summed E-state index contributed by atoms with van der Waals surface area (Å²) in [6, 6.07) is 4.53. The molecule has 0 fully saturated rings. The Bertz CT molecular complexity index is 754. The Balaban J connectivity index is 2.19. The lowest BCUT2D eigenvalue weighted by Gasteiger charge is -2.06. The highest BCUT2D eigenvalue weighted by atomic mass is 32.1. The number of nitrogens with zero attached hydrogens (tertiary/aromatic N) is 1. The number of aromatic nitrogens is 1. The molecule has 1 aromatic heterocycles. The van der Waals surface area contributed by atoms with Crippen molar-refractivity contribution in [2.45, 2.75) is 13.1 Å². The Morgan fingerprint density at radius 3 is 2.42 bits per heavy atom. The number of rotatable bonds is 4. The zero-order valence-electron chi connectivity index (χ0n) is 12.7. The first kappa shape index (κ1) is 17.9. The van der Waals surface area contributed by atoms with Gasteiger partial charge in [-0.1, -0.05) is 12.1 Å². The van der Waals surface area contributed by atoms with E-state index in [4.69, 9.17) is 0 Å². The lowest BCUT2D eigenvalue weighted by molar-refractivity contribution is -0.139. The summed E-state index contributed by atoms with van der Waals surface area (Å²) in [4.78, 5) is 27.5. The number of nitrogens with one attached hydrogen (secondary N) is 1. The molecule has 0 saturated carbocycles. The molecule has 128 valence electrons. The van der Waals surface area contributed by atoms with Crippen molar-refractivity contribution in [2.24, 2.45) is 0 Å². The fourth-order valence-electron chi connectivity index (χ4n) is 1.84. The number of aryl methyl sites for hydroxylation is 1. The van der Waals surface area contributed by atoms with Crippen LogP contribution in [-0.4, -0.2) is 30.5 Å². The highest BCUT2D eigenvalue weighted by Gasteiger charge is 2.30. The average Bonchev–Trinajstić information content (AvgIpc) is 2.93. The van der Waals surface area contributed by atoms with Crippen LogP contribution in [0.25, 0.3) is 10.6 Å². The summed E-state index contributed by atoms with van der Waals surface area (Å²) >= 11 is 1.04. The van der Waals surface area contributed by atoms with Crippen molar-refractivity contribution in [3.63, 3.8) is 0 Å². The maximum atomic E-state index is 12.6.